The summed E-state index contributed by atoms with van der Waals surface area (Å²) in [4.78, 5) is 34.0. The number of esters is 2. The number of hydrogen-bond acceptors (Lipinski definition) is 8. The summed E-state index contributed by atoms with van der Waals surface area (Å²) in [6.45, 7) is 4.93. The summed E-state index contributed by atoms with van der Waals surface area (Å²) in [5, 5.41) is 6.60. The number of anilines is 4. The molecular formula is C30H32N4O4. The van der Waals surface area contributed by atoms with Crippen LogP contribution in [0, 0.1) is 0 Å². The summed E-state index contributed by atoms with van der Waals surface area (Å²) in [7, 11) is 0. The molecule has 1 heterocycles. The van der Waals surface area contributed by atoms with E-state index in [1.165, 1.54) is 0 Å². The van der Waals surface area contributed by atoms with E-state index in [4.69, 9.17) is 19.4 Å². The summed E-state index contributed by atoms with van der Waals surface area (Å²) in [6.07, 6.45) is 3.62. The van der Waals surface area contributed by atoms with Crippen molar-refractivity contribution in [3.63, 3.8) is 0 Å². The number of hydrogen-bond donors (Lipinski definition) is 2. The maximum Gasteiger partial charge on any atom is 0.338 e. The van der Waals surface area contributed by atoms with Gasteiger partial charge in [0.05, 0.1) is 35.4 Å². The zero-order valence-corrected chi connectivity index (χ0v) is 21.7. The molecule has 0 aliphatic rings. The van der Waals surface area contributed by atoms with Crippen LogP contribution in [0.4, 0.5) is 23.0 Å². The number of unbranched alkanes of at least 4 members (excludes halogenated alkanes) is 2. The topological polar surface area (TPSA) is 102 Å². The normalized spacial score (nSPS) is 10.7. The van der Waals surface area contributed by atoms with Crippen LogP contribution in [0.25, 0.3) is 11.0 Å². The minimum Gasteiger partial charge on any atom is -0.462 e. The maximum atomic E-state index is 12.2. The first-order valence-electron chi connectivity index (χ1n) is 12.9. The Morgan fingerprint density at radius 1 is 0.632 bits per heavy atom. The molecule has 0 radical (unpaired) electrons. The van der Waals surface area contributed by atoms with E-state index in [-0.39, 0.29) is 11.9 Å². The Kier molecular flexibility index (Phi) is 9.23. The molecule has 0 aliphatic carbocycles. The number of aromatic nitrogens is 2. The van der Waals surface area contributed by atoms with Gasteiger partial charge in [-0.2, -0.15) is 0 Å². The Balaban J connectivity index is 1.52. The number of nitrogens with one attached hydrogen (secondary N) is 2. The monoisotopic (exact) mass is 512 g/mol. The molecule has 4 aromatic rings. The fourth-order valence-electron chi connectivity index (χ4n) is 3.61. The van der Waals surface area contributed by atoms with Gasteiger partial charge in [-0.05, 0) is 73.5 Å². The van der Waals surface area contributed by atoms with Gasteiger partial charge in [0.15, 0.2) is 11.6 Å². The molecule has 0 amide bonds. The van der Waals surface area contributed by atoms with Gasteiger partial charge in [0.1, 0.15) is 0 Å². The molecule has 4 rings (SSSR count). The van der Waals surface area contributed by atoms with Crippen LogP contribution < -0.4 is 10.6 Å². The Morgan fingerprint density at radius 3 is 1.39 bits per heavy atom. The van der Waals surface area contributed by atoms with Crippen molar-refractivity contribution in [3.8, 4) is 0 Å². The maximum absolute atomic E-state index is 12.2. The minimum atomic E-state index is -0.337. The summed E-state index contributed by atoms with van der Waals surface area (Å²) in [5.41, 5.74) is 3.94. The molecule has 38 heavy (non-hydrogen) atoms. The highest BCUT2D eigenvalue weighted by atomic mass is 16.5. The molecule has 0 atom stereocenters. The van der Waals surface area contributed by atoms with Gasteiger partial charge in [-0.15, -0.1) is 0 Å². The van der Waals surface area contributed by atoms with Gasteiger partial charge >= 0.3 is 11.9 Å². The highest BCUT2D eigenvalue weighted by molar-refractivity contribution is 5.91. The van der Waals surface area contributed by atoms with Crippen LogP contribution in [-0.4, -0.2) is 35.1 Å². The van der Waals surface area contributed by atoms with Crippen LogP contribution in [0.1, 0.15) is 60.2 Å². The van der Waals surface area contributed by atoms with Crippen LogP contribution in [0.5, 0.6) is 0 Å². The molecule has 0 spiro atoms. The zero-order valence-electron chi connectivity index (χ0n) is 21.7. The SMILES string of the molecule is CCCCOC(=O)c1ccc(Nc2nc3ccccc3nc2Nc2ccc(C(=O)OCCCC)cc2)cc1. The highest BCUT2D eigenvalue weighted by Gasteiger charge is 2.13. The second-order valence-corrected chi connectivity index (χ2v) is 8.79. The Bertz CT molecular complexity index is 1270. The largest absolute Gasteiger partial charge is 0.462 e. The third kappa shape index (κ3) is 7.06. The molecule has 0 aliphatic heterocycles. The molecule has 0 saturated heterocycles. The third-order valence-electron chi connectivity index (χ3n) is 5.80. The average Bonchev–Trinajstić information content (AvgIpc) is 2.94. The van der Waals surface area contributed by atoms with Gasteiger partial charge < -0.3 is 20.1 Å². The molecule has 196 valence electrons. The van der Waals surface area contributed by atoms with Crippen LogP contribution in [0.15, 0.2) is 72.8 Å². The van der Waals surface area contributed by atoms with Crippen LogP contribution in [-0.2, 0) is 9.47 Å². The Morgan fingerprint density at radius 2 is 1.03 bits per heavy atom. The van der Waals surface area contributed by atoms with Crippen molar-refractivity contribution in [2.45, 2.75) is 39.5 Å². The van der Waals surface area contributed by atoms with E-state index in [0.717, 1.165) is 48.1 Å². The lowest BCUT2D eigenvalue weighted by Gasteiger charge is -2.14. The van der Waals surface area contributed by atoms with Crippen LogP contribution in [0.3, 0.4) is 0 Å². The third-order valence-corrected chi connectivity index (χ3v) is 5.80. The van der Waals surface area contributed by atoms with Crippen molar-refractivity contribution in [1.82, 2.24) is 9.97 Å². The fraction of sp³-hybridized carbons (Fsp3) is 0.267. The predicted molar refractivity (Wildman–Crippen MR) is 149 cm³/mol. The van der Waals surface area contributed by atoms with Crippen molar-refractivity contribution in [1.29, 1.82) is 0 Å². The van der Waals surface area contributed by atoms with Gasteiger partial charge in [0.2, 0.25) is 0 Å². The first-order chi connectivity index (χ1) is 18.6. The van der Waals surface area contributed by atoms with Crippen LogP contribution >= 0.6 is 0 Å². The first kappa shape index (κ1) is 26.6. The fourth-order valence-corrected chi connectivity index (χ4v) is 3.61. The molecule has 0 saturated carbocycles. The van der Waals surface area contributed by atoms with Crippen molar-refractivity contribution in [2.24, 2.45) is 0 Å². The zero-order chi connectivity index (χ0) is 26.7. The second-order valence-electron chi connectivity index (χ2n) is 8.79. The van der Waals surface area contributed by atoms with Crippen molar-refractivity contribution in [2.75, 3.05) is 23.8 Å². The number of rotatable bonds is 12. The Labute approximate surface area is 222 Å². The Hall–Kier alpha value is -4.46. The van der Waals surface area contributed by atoms with Gasteiger partial charge in [0.25, 0.3) is 0 Å². The van der Waals surface area contributed by atoms with E-state index in [9.17, 15) is 9.59 Å². The standard InChI is InChI=1S/C30H32N4O4/c1-3-5-19-37-29(35)21-11-15-23(16-12-21)31-27-28(34-26-10-8-7-9-25(26)33-27)32-24-17-13-22(14-18-24)30(36)38-20-6-4-2/h7-18H,3-6,19-20H2,1-2H3,(H,31,33)(H,32,34). The van der Waals surface area contributed by atoms with E-state index in [0.29, 0.717) is 36.0 Å². The van der Waals surface area contributed by atoms with E-state index in [2.05, 4.69) is 10.6 Å². The van der Waals surface area contributed by atoms with E-state index in [1.54, 1.807) is 48.5 Å². The molecule has 8 nitrogen and oxygen atoms in total. The molecule has 1 aromatic heterocycles. The van der Waals surface area contributed by atoms with E-state index >= 15 is 0 Å². The van der Waals surface area contributed by atoms with Crippen LogP contribution in [0.2, 0.25) is 0 Å². The van der Waals surface area contributed by atoms with Gasteiger partial charge in [-0.25, -0.2) is 19.6 Å². The number of fused-ring (bicyclic) bond motifs is 1. The number of carbonyl (C=O) groups is 2. The van der Waals surface area contributed by atoms with Crippen molar-refractivity contribution < 1.29 is 19.1 Å². The molecule has 0 unspecified atom stereocenters. The van der Waals surface area contributed by atoms with Gasteiger partial charge in [0, 0.05) is 11.4 Å². The van der Waals surface area contributed by atoms with Gasteiger partial charge in [-0.3, -0.25) is 0 Å². The van der Waals surface area contributed by atoms with E-state index < -0.39 is 0 Å². The highest BCUT2D eigenvalue weighted by Crippen LogP contribution is 2.28. The lowest BCUT2D eigenvalue weighted by Crippen LogP contribution is -2.07. The quantitative estimate of drug-likeness (QED) is 0.154. The number of benzene rings is 3. The average molecular weight is 513 g/mol. The first-order valence-corrected chi connectivity index (χ1v) is 12.9. The molecule has 0 bridgehead atoms. The van der Waals surface area contributed by atoms with Crippen molar-refractivity contribution >= 4 is 46.0 Å². The predicted octanol–water partition coefficient (Wildman–Crippen LogP) is 7.03. The number of ether oxygens (including phenoxy) is 2. The smallest absolute Gasteiger partial charge is 0.338 e. The summed E-state index contributed by atoms with van der Waals surface area (Å²) in [6, 6.07) is 21.7. The van der Waals surface area contributed by atoms with E-state index in [1.807, 2.05) is 38.1 Å². The number of para-hydroxylation sites is 2. The summed E-state index contributed by atoms with van der Waals surface area (Å²) in [5.74, 6) is 0.362. The second kappa shape index (κ2) is 13.2. The molecule has 3 aromatic carbocycles. The van der Waals surface area contributed by atoms with Gasteiger partial charge in [-0.1, -0.05) is 38.8 Å². The number of nitrogens with zero attached hydrogens (tertiary/aromatic N) is 2. The lowest BCUT2D eigenvalue weighted by molar-refractivity contribution is 0.0490. The molecule has 0 fully saturated rings. The molecule has 8 heteroatoms. The lowest BCUT2D eigenvalue weighted by atomic mass is 10.2. The molecule has 2 N–H and O–H groups in total. The summed E-state index contributed by atoms with van der Waals surface area (Å²) < 4.78 is 10.6. The molecular weight excluding hydrogens is 480 g/mol. The van der Waals surface area contributed by atoms with Crippen molar-refractivity contribution in [3.05, 3.63) is 83.9 Å². The number of carbonyl (C=O) groups excluding carboxylic acids is 2. The summed E-state index contributed by atoms with van der Waals surface area (Å²) >= 11 is 0. The minimum absolute atomic E-state index is 0.337.